The molecule has 17 heavy (non-hydrogen) atoms. The maximum atomic E-state index is 5.63. The molecule has 3 nitrogen and oxygen atoms in total. The Balaban J connectivity index is 2.25. The number of aromatic nitrogens is 1. The molecular formula is C11H11Br2N3S. The molecule has 2 aromatic rings. The van der Waals surface area contributed by atoms with E-state index in [9.17, 15) is 0 Å². The van der Waals surface area contributed by atoms with E-state index >= 15 is 0 Å². The molecule has 0 spiro atoms. The molecule has 0 fully saturated rings. The summed E-state index contributed by atoms with van der Waals surface area (Å²) < 4.78 is 2.08. The van der Waals surface area contributed by atoms with Crippen molar-refractivity contribution in [1.29, 1.82) is 0 Å². The van der Waals surface area contributed by atoms with Crippen LogP contribution in [0.3, 0.4) is 0 Å². The number of thiazole rings is 1. The van der Waals surface area contributed by atoms with Gasteiger partial charge in [0.15, 0.2) is 0 Å². The topological polar surface area (TPSA) is 50.9 Å². The van der Waals surface area contributed by atoms with E-state index in [2.05, 4.69) is 48.3 Å². The van der Waals surface area contributed by atoms with E-state index in [0.29, 0.717) is 0 Å². The Bertz CT molecular complexity index is 487. The van der Waals surface area contributed by atoms with Crippen LogP contribution in [0.25, 0.3) is 0 Å². The maximum Gasteiger partial charge on any atom is 0.0944 e. The van der Waals surface area contributed by atoms with Gasteiger partial charge in [0.05, 0.1) is 11.0 Å². The molecule has 1 atom stereocenters. The lowest BCUT2D eigenvalue weighted by Crippen LogP contribution is -2.29. The summed E-state index contributed by atoms with van der Waals surface area (Å²) in [6.07, 6.45) is 2.59. The van der Waals surface area contributed by atoms with Crippen molar-refractivity contribution in [2.45, 2.75) is 12.5 Å². The highest BCUT2D eigenvalue weighted by Gasteiger charge is 2.15. The van der Waals surface area contributed by atoms with Crippen molar-refractivity contribution in [2.75, 3.05) is 0 Å². The smallest absolute Gasteiger partial charge is 0.0944 e. The summed E-state index contributed by atoms with van der Waals surface area (Å²) >= 11 is 8.65. The Morgan fingerprint density at radius 2 is 2.24 bits per heavy atom. The van der Waals surface area contributed by atoms with Crippen molar-refractivity contribution in [2.24, 2.45) is 5.84 Å². The van der Waals surface area contributed by atoms with E-state index in [1.54, 1.807) is 11.3 Å². The van der Waals surface area contributed by atoms with Gasteiger partial charge in [0.1, 0.15) is 0 Å². The molecule has 0 saturated carbocycles. The number of rotatable bonds is 4. The Morgan fingerprint density at radius 1 is 1.41 bits per heavy atom. The van der Waals surface area contributed by atoms with Gasteiger partial charge in [-0.3, -0.25) is 11.3 Å². The van der Waals surface area contributed by atoms with Crippen molar-refractivity contribution in [1.82, 2.24) is 10.4 Å². The van der Waals surface area contributed by atoms with E-state index in [-0.39, 0.29) is 6.04 Å². The average molecular weight is 377 g/mol. The minimum Gasteiger partial charge on any atom is -0.271 e. The van der Waals surface area contributed by atoms with Crippen molar-refractivity contribution >= 4 is 43.2 Å². The maximum absolute atomic E-state index is 5.63. The fourth-order valence-corrected chi connectivity index (χ4v) is 3.13. The predicted octanol–water partition coefficient (Wildman–Crippen LogP) is 3.42. The predicted molar refractivity (Wildman–Crippen MR) is 77.7 cm³/mol. The highest BCUT2D eigenvalue weighted by Crippen LogP contribution is 2.29. The number of benzene rings is 1. The summed E-state index contributed by atoms with van der Waals surface area (Å²) in [4.78, 5) is 4.28. The zero-order chi connectivity index (χ0) is 12.3. The van der Waals surface area contributed by atoms with E-state index in [1.807, 2.05) is 23.7 Å². The number of hydrogen-bond acceptors (Lipinski definition) is 4. The van der Waals surface area contributed by atoms with Crippen molar-refractivity contribution in [3.63, 3.8) is 0 Å². The molecule has 0 saturated heterocycles. The SMILES string of the molecule is NNC(Cc1nccs1)c1cc(Br)ccc1Br. The van der Waals surface area contributed by atoms with Crippen LogP contribution in [0.5, 0.6) is 0 Å². The summed E-state index contributed by atoms with van der Waals surface area (Å²) in [5, 5.41) is 3.04. The largest absolute Gasteiger partial charge is 0.271 e. The first kappa shape index (κ1) is 13.2. The molecule has 1 heterocycles. The fraction of sp³-hybridized carbons (Fsp3) is 0.182. The lowest BCUT2D eigenvalue weighted by molar-refractivity contribution is 0.548. The molecule has 0 bridgehead atoms. The highest BCUT2D eigenvalue weighted by molar-refractivity contribution is 9.11. The van der Waals surface area contributed by atoms with Crippen LogP contribution < -0.4 is 11.3 Å². The number of hydrogen-bond donors (Lipinski definition) is 2. The van der Waals surface area contributed by atoms with E-state index < -0.39 is 0 Å². The summed E-state index contributed by atoms with van der Waals surface area (Å²) in [6.45, 7) is 0. The Morgan fingerprint density at radius 3 is 2.88 bits per heavy atom. The first-order valence-electron chi connectivity index (χ1n) is 5.00. The van der Waals surface area contributed by atoms with Crippen LogP contribution >= 0.6 is 43.2 Å². The molecule has 90 valence electrons. The van der Waals surface area contributed by atoms with E-state index in [0.717, 1.165) is 25.9 Å². The molecule has 1 aromatic heterocycles. The molecule has 0 amide bonds. The summed E-state index contributed by atoms with van der Waals surface area (Å²) in [5.41, 5.74) is 3.96. The van der Waals surface area contributed by atoms with Gasteiger partial charge in [0, 0.05) is 26.9 Å². The van der Waals surface area contributed by atoms with Crippen LogP contribution in [0.4, 0.5) is 0 Å². The number of nitrogens with two attached hydrogens (primary N) is 1. The second kappa shape index (κ2) is 6.06. The first-order valence-corrected chi connectivity index (χ1v) is 7.46. The molecule has 0 aliphatic carbocycles. The number of nitrogens with one attached hydrogen (secondary N) is 1. The lowest BCUT2D eigenvalue weighted by Gasteiger charge is -2.17. The zero-order valence-electron chi connectivity index (χ0n) is 8.86. The van der Waals surface area contributed by atoms with Gasteiger partial charge in [0.2, 0.25) is 0 Å². The molecule has 3 N–H and O–H groups in total. The number of halogens is 2. The number of hydrazine groups is 1. The third-order valence-corrected chi connectivity index (χ3v) is 4.41. The quantitative estimate of drug-likeness (QED) is 0.634. The van der Waals surface area contributed by atoms with Gasteiger partial charge in [-0.2, -0.15) is 0 Å². The molecule has 2 rings (SSSR count). The normalized spacial score (nSPS) is 12.6. The third kappa shape index (κ3) is 3.35. The van der Waals surface area contributed by atoms with Gasteiger partial charge in [-0.05, 0) is 23.8 Å². The molecule has 1 aromatic carbocycles. The van der Waals surface area contributed by atoms with Gasteiger partial charge in [-0.15, -0.1) is 11.3 Å². The monoisotopic (exact) mass is 375 g/mol. The van der Waals surface area contributed by atoms with Crippen LogP contribution in [-0.4, -0.2) is 4.98 Å². The van der Waals surface area contributed by atoms with E-state index in [1.165, 1.54) is 0 Å². The summed E-state index contributed by atoms with van der Waals surface area (Å²) in [7, 11) is 0. The summed E-state index contributed by atoms with van der Waals surface area (Å²) in [5.74, 6) is 5.63. The highest BCUT2D eigenvalue weighted by atomic mass is 79.9. The fourth-order valence-electron chi connectivity index (χ4n) is 1.57. The van der Waals surface area contributed by atoms with Gasteiger partial charge in [-0.25, -0.2) is 4.98 Å². The van der Waals surface area contributed by atoms with Crippen LogP contribution in [-0.2, 0) is 6.42 Å². The van der Waals surface area contributed by atoms with Crippen LogP contribution in [0.15, 0.2) is 38.7 Å². The first-order chi connectivity index (χ1) is 8.20. The second-order valence-corrected chi connectivity index (χ2v) is 6.26. The average Bonchev–Trinajstić information content (AvgIpc) is 2.82. The van der Waals surface area contributed by atoms with Crippen molar-refractivity contribution < 1.29 is 0 Å². The molecule has 6 heteroatoms. The molecule has 0 aliphatic heterocycles. The van der Waals surface area contributed by atoms with Gasteiger partial charge in [-0.1, -0.05) is 31.9 Å². The van der Waals surface area contributed by atoms with Crippen molar-refractivity contribution in [3.05, 3.63) is 49.3 Å². The lowest BCUT2D eigenvalue weighted by atomic mass is 10.1. The van der Waals surface area contributed by atoms with Crippen molar-refractivity contribution in [3.8, 4) is 0 Å². The molecule has 0 radical (unpaired) electrons. The van der Waals surface area contributed by atoms with Gasteiger partial charge < -0.3 is 0 Å². The standard InChI is InChI=1S/C11H11Br2N3S/c12-7-1-2-9(13)8(5-7)10(16-14)6-11-15-3-4-17-11/h1-5,10,16H,6,14H2. The summed E-state index contributed by atoms with van der Waals surface area (Å²) in [6, 6.07) is 6.10. The number of nitrogens with zero attached hydrogens (tertiary/aromatic N) is 1. The Hall–Kier alpha value is -0.270. The minimum atomic E-state index is 0.0491. The van der Waals surface area contributed by atoms with Gasteiger partial charge >= 0.3 is 0 Å². The zero-order valence-corrected chi connectivity index (χ0v) is 12.8. The Labute approximate surface area is 121 Å². The van der Waals surface area contributed by atoms with Crippen LogP contribution in [0, 0.1) is 0 Å². The Kier molecular flexibility index (Phi) is 4.69. The van der Waals surface area contributed by atoms with Crippen LogP contribution in [0.1, 0.15) is 16.6 Å². The van der Waals surface area contributed by atoms with E-state index in [4.69, 9.17) is 5.84 Å². The second-order valence-electron chi connectivity index (χ2n) is 3.52. The minimum absolute atomic E-state index is 0.0491. The van der Waals surface area contributed by atoms with Crippen LogP contribution in [0.2, 0.25) is 0 Å². The molecule has 0 aliphatic rings. The van der Waals surface area contributed by atoms with Gasteiger partial charge in [0.25, 0.3) is 0 Å². The molecular weight excluding hydrogens is 366 g/mol. The molecule has 1 unspecified atom stereocenters. The third-order valence-electron chi connectivity index (χ3n) is 2.40.